The van der Waals surface area contributed by atoms with Crippen LogP contribution < -0.4 is 10.6 Å². The van der Waals surface area contributed by atoms with E-state index in [0.717, 1.165) is 44.6 Å². The van der Waals surface area contributed by atoms with Crippen LogP contribution in [0.25, 0.3) is 0 Å². The van der Waals surface area contributed by atoms with Crippen LogP contribution in [0.3, 0.4) is 0 Å². The lowest BCUT2D eigenvalue weighted by Gasteiger charge is -2.18. The number of amides is 1. The Morgan fingerprint density at radius 3 is 3.21 bits per heavy atom. The molecule has 1 fully saturated rings. The van der Waals surface area contributed by atoms with Crippen molar-refractivity contribution in [2.75, 3.05) is 18.5 Å². The second-order valence-electron chi connectivity index (χ2n) is 5.30. The average molecular weight is 260 g/mol. The first-order chi connectivity index (χ1) is 9.31. The van der Waals surface area contributed by atoms with Gasteiger partial charge in [0.1, 0.15) is 0 Å². The molecule has 2 N–H and O–H groups in total. The third-order valence-corrected chi connectivity index (χ3v) is 3.81. The molecule has 0 saturated carbocycles. The maximum atomic E-state index is 11.9. The van der Waals surface area contributed by atoms with Crippen LogP contribution in [-0.4, -0.2) is 25.2 Å². The van der Waals surface area contributed by atoms with E-state index in [1.54, 1.807) is 0 Å². The molecule has 1 amide bonds. The minimum absolute atomic E-state index is 0.0515. The molecular formula is C15H20N2O2. The molecule has 0 aromatic heterocycles. The number of anilines is 1. The zero-order valence-electron chi connectivity index (χ0n) is 11.1. The van der Waals surface area contributed by atoms with Crippen molar-refractivity contribution in [3.8, 4) is 0 Å². The molecule has 2 aliphatic rings. The molecule has 1 aromatic carbocycles. The topological polar surface area (TPSA) is 50.4 Å². The zero-order chi connectivity index (χ0) is 13.1. The predicted molar refractivity (Wildman–Crippen MR) is 74.1 cm³/mol. The van der Waals surface area contributed by atoms with Crippen molar-refractivity contribution in [1.29, 1.82) is 0 Å². The summed E-state index contributed by atoms with van der Waals surface area (Å²) in [4.78, 5) is 11.9. The summed E-state index contributed by atoms with van der Waals surface area (Å²) in [6.45, 7) is 2.73. The van der Waals surface area contributed by atoms with Gasteiger partial charge in [0.05, 0.1) is 12.5 Å². The van der Waals surface area contributed by atoms with Crippen LogP contribution in [0.15, 0.2) is 18.2 Å². The highest BCUT2D eigenvalue weighted by Crippen LogP contribution is 2.20. The molecule has 0 bridgehead atoms. The van der Waals surface area contributed by atoms with Crippen molar-refractivity contribution in [3.63, 3.8) is 0 Å². The van der Waals surface area contributed by atoms with Gasteiger partial charge in [0, 0.05) is 18.8 Å². The summed E-state index contributed by atoms with van der Waals surface area (Å²) in [6, 6.07) is 6.20. The summed E-state index contributed by atoms with van der Waals surface area (Å²) in [6.07, 6.45) is 3.72. The number of benzene rings is 1. The summed E-state index contributed by atoms with van der Waals surface area (Å²) < 4.78 is 5.48. The number of carbonyl (C=O) groups excluding carboxylic acids is 1. The Kier molecular flexibility index (Phi) is 3.80. The van der Waals surface area contributed by atoms with E-state index in [4.69, 9.17) is 4.74 Å². The number of fused-ring (bicyclic) bond motifs is 1. The fourth-order valence-electron chi connectivity index (χ4n) is 2.78. The SMILES string of the molecule is O=C(CC1CCCO1)Nc1ccc2c(c1)CNCC2. The van der Waals surface area contributed by atoms with Crippen LogP contribution in [0.1, 0.15) is 30.4 Å². The molecule has 2 heterocycles. The first-order valence-corrected chi connectivity index (χ1v) is 7.05. The van der Waals surface area contributed by atoms with Crippen molar-refractivity contribution in [2.45, 2.75) is 38.3 Å². The van der Waals surface area contributed by atoms with Crippen LogP contribution in [0.5, 0.6) is 0 Å². The smallest absolute Gasteiger partial charge is 0.226 e. The van der Waals surface area contributed by atoms with Crippen molar-refractivity contribution in [1.82, 2.24) is 5.32 Å². The Hall–Kier alpha value is -1.39. The van der Waals surface area contributed by atoms with Crippen molar-refractivity contribution >= 4 is 11.6 Å². The van der Waals surface area contributed by atoms with Crippen LogP contribution >= 0.6 is 0 Å². The van der Waals surface area contributed by atoms with Crippen LogP contribution in [0, 0.1) is 0 Å². The Bertz CT molecular complexity index is 467. The Balaban J connectivity index is 1.61. The summed E-state index contributed by atoms with van der Waals surface area (Å²) in [5.74, 6) is 0.0515. The zero-order valence-corrected chi connectivity index (χ0v) is 11.1. The second-order valence-corrected chi connectivity index (χ2v) is 5.30. The second kappa shape index (κ2) is 5.72. The molecule has 3 rings (SSSR count). The largest absolute Gasteiger partial charge is 0.378 e. The lowest BCUT2D eigenvalue weighted by atomic mass is 10.0. The van der Waals surface area contributed by atoms with Crippen molar-refractivity contribution in [2.24, 2.45) is 0 Å². The fraction of sp³-hybridized carbons (Fsp3) is 0.533. The maximum Gasteiger partial charge on any atom is 0.226 e. The fourth-order valence-corrected chi connectivity index (χ4v) is 2.78. The predicted octanol–water partition coefficient (Wildman–Crippen LogP) is 1.84. The Morgan fingerprint density at radius 1 is 1.42 bits per heavy atom. The molecule has 4 heteroatoms. The van der Waals surface area contributed by atoms with E-state index >= 15 is 0 Å². The van der Waals surface area contributed by atoms with E-state index < -0.39 is 0 Å². The molecule has 102 valence electrons. The van der Waals surface area contributed by atoms with E-state index in [1.807, 2.05) is 6.07 Å². The Labute approximate surface area is 113 Å². The molecule has 19 heavy (non-hydrogen) atoms. The van der Waals surface area contributed by atoms with Crippen LogP contribution in [-0.2, 0) is 22.5 Å². The van der Waals surface area contributed by atoms with Crippen LogP contribution in [0.4, 0.5) is 5.69 Å². The number of hydrogen-bond acceptors (Lipinski definition) is 3. The van der Waals surface area contributed by atoms with Crippen LogP contribution in [0.2, 0.25) is 0 Å². The van der Waals surface area contributed by atoms with Gasteiger partial charge in [-0.3, -0.25) is 4.79 Å². The minimum Gasteiger partial charge on any atom is -0.378 e. The summed E-state index contributed by atoms with van der Waals surface area (Å²) in [7, 11) is 0. The van der Waals surface area contributed by atoms with Gasteiger partial charge < -0.3 is 15.4 Å². The van der Waals surface area contributed by atoms with E-state index in [9.17, 15) is 4.79 Å². The Morgan fingerprint density at radius 2 is 2.37 bits per heavy atom. The summed E-state index contributed by atoms with van der Waals surface area (Å²) in [5.41, 5.74) is 3.57. The van der Waals surface area contributed by atoms with Gasteiger partial charge in [0.2, 0.25) is 5.91 Å². The van der Waals surface area contributed by atoms with Crippen molar-refractivity contribution < 1.29 is 9.53 Å². The molecule has 0 radical (unpaired) electrons. The maximum absolute atomic E-state index is 11.9. The molecule has 4 nitrogen and oxygen atoms in total. The van der Waals surface area contributed by atoms with E-state index in [1.165, 1.54) is 11.1 Å². The van der Waals surface area contributed by atoms with Gasteiger partial charge in [-0.25, -0.2) is 0 Å². The lowest BCUT2D eigenvalue weighted by molar-refractivity contribution is -0.118. The molecule has 2 aliphatic heterocycles. The molecule has 1 saturated heterocycles. The first kappa shape index (κ1) is 12.6. The van der Waals surface area contributed by atoms with Gasteiger partial charge >= 0.3 is 0 Å². The van der Waals surface area contributed by atoms with Gasteiger partial charge in [-0.15, -0.1) is 0 Å². The van der Waals surface area contributed by atoms with Gasteiger partial charge in [-0.1, -0.05) is 6.07 Å². The molecule has 1 aromatic rings. The van der Waals surface area contributed by atoms with E-state index in [0.29, 0.717) is 6.42 Å². The summed E-state index contributed by atoms with van der Waals surface area (Å²) in [5, 5.41) is 6.32. The monoisotopic (exact) mass is 260 g/mol. The van der Waals surface area contributed by atoms with Crippen molar-refractivity contribution in [3.05, 3.63) is 29.3 Å². The number of nitrogens with one attached hydrogen (secondary N) is 2. The number of hydrogen-bond donors (Lipinski definition) is 2. The van der Waals surface area contributed by atoms with Gasteiger partial charge in [-0.2, -0.15) is 0 Å². The molecule has 0 spiro atoms. The third-order valence-electron chi connectivity index (χ3n) is 3.81. The van der Waals surface area contributed by atoms with E-state index in [2.05, 4.69) is 22.8 Å². The third kappa shape index (κ3) is 3.14. The lowest BCUT2D eigenvalue weighted by Crippen LogP contribution is -2.24. The highest BCUT2D eigenvalue weighted by Gasteiger charge is 2.19. The molecular weight excluding hydrogens is 240 g/mol. The van der Waals surface area contributed by atoms with Gasteiger partial charge in [0.25, 0.3) is 0 Å². The molecule has 1 unspecified atom stereocenters. The average Bonchev–Trinajstić information content (AvgIpc) is 2.91. The number of rotatable bonds is 3. The highest BCUT2D eigenvalue weighted by atomic mass is 16.5. The van der Waals surface area contributed by atoms with Gasteiger partial charge in [-0.05, 0) is 49.1 Å². The normalized spacial score (nSPS) is 22.0. The standard InChI is InChI=1S/C15H20N2O2/c18-15(9-14-2-1-7-19-14)17-13-4-3-11-5-6-16-10-12(11)8-13/h3-4,8,14,16H,1-2,5-7,9-10H2,(H,17,18). The van der Waals surface area contributed by atoms with Gasteiger partial charge in [0.15, 0.2) is 0 Å². The van der Waals surface area contributed by atoms with E-state index in [-0.39, 0.29) is 12.0 Å². The molecule has 1 atom stereocenters. The molecule has 0 aliphatic carbocycles. The number of ether oxygens (including phenoxy) is 1. The number of carbonyl (C=O) groups is 1. The first-order valence-electron chi connectivity index (χ1n) is 7.05. The quantitative estimate of drug-likeness (QED) is 0.872. The minimum atomic E-state index is 0.0515. The highest BCUT2D eigenvalue weighted by molar-refractivity contribution is 5.91. The summed E-state index contributed by atoms with van der Waals surface area (Å²) >= 11 is 0.